The zero-order chi connectivity index (χ0) is 13.7. The van der Waals surface area contributed by atoms with Crippen LogP contribution in [0.1, 0.15) is 12.8 Å². The first kappa shape index (κ1) is 14.1. The molecule has 2 fully saturated rings. The van der Waals surface area contributed by atoms with Crippen LogP contribution in [0.3, 0.4) is 0 Å². The van der Waals surface area contributed by atoms with Crippen LogP contribution in [0.15, 0.2) is 0 Å². The normalized spacial score (nSPS) is 27.1. The number of ether oxygens (including phenoxy) is 2. The Kier molecular flexibility index (Phi) is 4.98. The van der Waals surface area contributed by atoms with E-state index in [9.17, 15) is 9.59 Å². The molecular weight excluding hydrogens is 250 g/mol. The molecule has 0 spiro atoms. The van der Waals surface area contributed by atoms with E-state index < -0.39 is 6.09 Å². The number of nitrogens with one attached hydrogen (secondary N) is 2. The number of alkyl carbamates (subject to hydrolysis) is 1. The van der Waals surface area contributed by atoms with E-state index >= 15 is 0 Å². The summed E-state index contributed by atoms with van der Waals surface area (Å²) in [6.07, 6.45) is 0.780. The number of carbonyl (C=O) groups is 2. The number of amides is 2. The van der Waals surface area contributed by atoms with Crippen LogP contribution in [-0.2, 0) is 14.3 Å². The number of hydrogen-bond donors (Lipinski definition) is 2. The van der Waals surface area contributed by atoms with Crippen LogP contribution in [-0.4, -0.2) is 68.9 Å². The summed E-state index contributed by atoms with van der Waals surface area (Å²) < 4.78 is 9.88. The van der Waals surface area contributed by atoms with Gasteiger partial charge in [-0.05, 0) is 6.42 Å². The zero-order valence-electron chi connectivity index (χ0n) is 11.2. The number of rotatable bonds is 3. The maximum atomic E-state index is 12.1. The van der Waals surface area contributed by atoms with Crippen molar-refractivity contribution in [1.82, 2.24) is 15.5 Å². The molecule has 2 heterocycles. The van der Waals surface area contributed by atoms with E-state index in [-0.39, 0.29) is 18.0 Å². The van der Waals surface area contributed by atoms with E-state index in [2.05, 4.69) is 15.4 Å². The first-order chi connectivity index (χ1) is 9.19. The summed E-state index contributed by atoms with van der Waals surface area (Å²) in [6.45, 7) is 3.33. The van der Waals surface area contributed by atoms with E-state index in [4.69, 9.17) is 4.74 Å². The molecular formula is C12H21N3O4. The molecule has 2 saturated heterocycles. The van der Waals surface area contributed by atoms with Crippen molar-refractivity contribution in [2.75, 3.05) is 40.0 Å². The average Bonchev–Trinajstić information content (AvgIpc) is 2.88. The van der Waals surface area contributed by atoms with Crippen LogP contribution in [0.25, 0.3) is 0 Å². The Labute approximate surface area is 112 Å². The van der Waals surface area contributed by atoms with Gasteiger partial charge in [0.25, 0.3) is 0 Å². The maximum absolute atomic E-state index is 12.1. The number of hydrogen-bond acceptors (Lipinski definition) is 5. The summed E-state index contributed by atoms with van der Waals surface area (Å²) >= 11 is 0. The number of methoxy groups -OCH3 is 1. The molecule has 7 nitrogen and oxygen atoms in total. The predicted octanol–water partition coefficient (Wildman–Crippen LogP) is -0.678. The Morgan fingerprint density at radius 1 is 1.53 bits per heavy atom. The van der Waals surface area contributed by atoms with Crippen molar-refractivity contribution in [3.63, 3.8) is 0 Å². The van der Waals surface area contributed by atoms with Crippen molar-refractivity contribution < 1.29 is 19.1 Å². The predicted molar refractivity (Wildman–Crippen MR) is 67.8 cm³/mol. The van der Waals surface area contributed by atoms with Gasteiger partial charge in [0.15, 0.2) is 0 Å². The molecule has 0 bridgehead atoms. The number of carbonyl (C=O) groups excluding carboxylic acids is 2. The highest BCUT2D eigenvalue weighted by atomic mass is 16.5. The second-order valence-corrected chi connectivity index (χ2v) is 4.89. The summed E-state index contributed by atoms with van der Waals surface area (Å²) in [5.74, 6) is 0.108. The van der Waals surface area contributed by atoms with Gasteiger partial charge in [-0.2, -0.15) is 0 Å². The lowest BCUT2D eigenvalue weighted by Gasteiger charge is -2.25. The SMILES string of the molecule is COC(=O)NC1CCN(C(=O)CC2COCCN2)C1. The van der Waals surface area contributed by atoms with Gasteiger partial charge in [0, 0.05) is 32.1 Å². The lowest BCUT2D eigenvalue weighted by molar-refractivity contribution is -0.131. The van der Waals surface area contributed by atoms with Crippen LogP contribution in [0.5, 0.6) is 0 Å². The van der Waals surface area contributed by atoms with E-state index in [0.717, 1.165) is 13.0 Å². The minimum atomic E-state index is -0.443. The Bertz CT molecular complexity index is 331. The minimum absolute atomic E-state index is 0.00744. The molecule has 7 heteroatoms. The number of morpholine rings is 1. The Morgan fingerprint density at radius 3 is 3.05 bits per heavy atom. The smallest absolute Gasteiger partial charge is 0.407 e. The third-order valence-corrected chi connectivity index (χ3v) is 3.47. The Balaban J connectivity index is 1.73. The Morgan fingerprint density at radius 2 is 2.37 bits per heavy atom. The molecule has 0 saturated carbocycles. The first-order valence-electron chi connectivity index (χ1n) is 6.62. The lowest BCUT2D eigenvalue weighted by Crippen LogP contribution is -2.45. The van der Waals surface area contributed by atoms with Crippen molar-refractivity contribution >= 4 is 12.0 Å². The van der Waals surface area contributed by atoms with Crippen molar-refractivity contribution in [2.24, 2.45) is 0 Å². The van der Waals surface area contributed by atoms with Crippen LogP contribution in [0.4, 0.5) is 4.79 Å². The minimum Gasteiger partial charge on any atom is -0.453 e. The van der Waals surface area contributed by atoms with Gasteiger partial charge in [-0.25, -0.2) is 4.79 Å². The molecule has 0 aliphatic carbocycles. The largest absolute Gasteiger partial charge is 0.453 e. The van der Waals surface area contributed by atoms with Gasteiger partial charge in [-0.3, -0.25) is 4.79 Å². The molecule has 2 atom stereocenters. The number of likely N-dealkylation sites (tertiary alicyclic amines) is 1. The molecule has 0 aromatic heterocycles. The second kappa shape index (κ2) is 6.72. The third-order valence-electron chi connectivity index (χ3n) is 3.47. The highest BCUT2D eigenvalue weighted by Crippen LogP contribution is 2.12. The summed E-state index contributed by atoms with van der Waals surface area (Å²) in [5, 5.41) is 5.99. The molecule has 2 amide bonds. The molecule has 2 N–H and O–H groups in total. The van der Waals surface area contributed by atoms with Gasteiger partial charge in [-0.1, -0.05) is 0 Å². The van der Waals surface area contributed by atoms with Crippen molar-refractivity contribution in [1.29, 1.82) is 0 Å². The van der Waals surface area contributed by atoms with E-state index in [0.29, 0.717) is 32.7 Å². The quantitative estimate of drug-likeness (QED) is 0.711. The summed E-state index contributed by atoms with van der Waals surface area (Å²) in [7, 11) is 1.34. The molecule has 2 aliphatic rings. The van der Waals surface area contributed by atoms with Crippen LogP contribution in [0.2, 0.25) is 0 Å². The summed E-state index contributed by atoms with van der Waals surface area (Å²) in [4.78, 5) is 25.0. The monoisotopic (exact) mass is 271 g/mol. The molecule has 2 aliphatic heterocycles. The zero-order valence-corrected chi connectivity index (χ0v) is 11.2. The second-order valence-electron chi connectivity index (χ2n) is 4.89. The topological polar surface area (TPSA) is 79.9 Å². The van der Waals surface area contributed by atoms with Crippen molar-refractivity contribution in [2.45, 2.75) is 24.9 Å². The van der Waals surface area contributed by atoms with E-state index in [1.165, 1.54) is 7.11 Å². The fourth-order valence-corrected chi connectivity index (χ4v) is 2.42. The molecule has 0 aromatic carbocycles. The Hall–Kier alpha value is -1.34. The fourth-order valence-electron chi connectivity index (χ4n) is 2.42. The van der Waals surface area contributed by atoms with Gasteiger partial charge < -0.3 is 25.0 Å². The molecule has 108 valence electrons. The fraction of sp³-hybridized carbons (Fsp3) is 0.833. The van der Waals surface area contributed by atoms with Crippen molar-refractivity contribution in [3.05, 3.63) is 0 Å². The van der Waals surface area contributed by atoms with E-state index in [1.54, 1.807) is 4.90 Å². The van der Waals surface area contributed by atoms with Gasteiger partial charge >= 0.3 is 6.09 Å². The van der Waals surface area contributed by atoms with Gasteiger partial charge in [-0.15, -0.1) is 0 Å². The van der Waals surface area contributed by atoms with Crippen molar-refractivity contribution in [3.8, 4) is 0 Å². The number of nitrogens with zero attached hydrogens (tertiary/aromatic N) is 1. The molecule has 0 radical (unpaired) electrons. The third kappa shape index (κ3) is 4.07. The highest BCUT2D eigenvalue weighted by molar-refractivity contribution is 5.77. The first-order valence-corrected chi connectivity index (χ1v) is 6.62. The molecule has 0 aromatic rings. The molecule has 2 unspecified atom stereocenters. The highest BCUT2D eigenvalue weighted by Gasteiger charge is 2.29. The van der Waals surface area contributed by atoms with Crippen LogP contribution >= 0.6 is 0 Å². The summed E-state index contributed by atoms with van der Waals surface area (Å²) in [6, 6.07) is 0.0980. The summed E-state index contributed by atoms with van der Waals surface area (Å²) in [5.41, 5.74) is 0. The van der Waals surface area contributed by atoms with E-state index in [1.807, 2.05) is 0 Å². The lowest BCUT2D eigenvalue weighted by atomic mass is 10.2. The van der Waals surface area contributed by atoms with Crippen LogP contribution in [0, 0.1) is 0 Å². The standard InChI is InChI=1S/C12H21N3O4/c1-18-12(17)14-9-2-4-15(7-9)11(16)6-10-8-19-5-3-13-10/h9-10,13H,2-8H2,1H3,(H,14,17). The molecule has 2 rings (SSSR count). The van der Waals surface area contributed by atoms with Gasteiger partial charge in [0.05, 0.1) is 26.4 Å². The van der Waals surface area contributed by atoms with Crippen LogP contribution < -0.4 is 10.6 Å². The molecule has 19 heavy (non-hydrogen) atoms. The van der Waals surface area contributed by atoms with Gasteiger partial charge in [0.2, 0.25) is 5.91 Å². The average molecular weight is 271 g/mol. The van der Waals surface area contributed by atoms with Gasteiger partial charge in [0.1, 0.15) is 0 Å². The maximum Gasteiger partial charge on any atom is 0.407 e.